The van der Waals surface area contributed by atoms with Crippen LogP contribution in [-0.4, -0.2) is 67.1 Å². The molecule has 0 fully saturated rings. The fourth-order valence-electron chi connectivity index (χ4n) is 5.61. The molecule has 0 saturated carbocycles. The number of para-hydroxylation sites is 2. The first-order valence-corrected chi connectivity index (χ1v) is 19.0. The maximum absolute atomic E-state index is 12.8. The van der Waals surface area contributed by atoms with E-state index in [9.17, 15) is 24.3 Å². The summed E-state index contributed by atoms with van der Waals surface area (Å²) in [6.07, 6.45) is 4.51. The van der Waals surface area contributed by atoms with Crippen LogP contribution in [0.3, 0.4) is 0 Å². The van der Waals surface area contributed by atoms with Crippen molar-refractivity contribution in [3.8, 4) is 0 Å². The Labute approximate surface area is 379 Å². The van der Waals surface area contributed by atoms with E-state index in [-0.39, 0.29) is 63.2 Å². The monoisotopic (exact) mass is 848 g/mol. The molecule has 4 aromatic carbocycles. The Morgan fingerprint density at radius 1 is 0.768 bits per heavy atom. The molecule has 2 aliphatic rings. The zero-order valence-corrected chi connectivity index (χ0v) is 37.5. The molecule has 11 nitrogen and oxygen atoms in total. The topological polar surface area (TPSA) is 150 Å². The van der Waals surface area contributed by atoms with E-state index in [0.29, 0.717) is 40.9 Å². The van der Waals surface area contributed by atoms with Crippen LogP contribution in [0.1, 0.15) is 92.6 Å². The molecule has 13 heteroatoms. The summed E-state index contributed by atoms with van der Waals surface area (Å²) in [7, 11) is 2.62. The fourth-order valence-corrected chi connectivity index (χ4v) is 6.01. The average Bonchev–Trinajstić information content (AvgIpc) is 3.75. The minimum absolute atomic E-state index is 0. The molecule has 0 aliphatic carbocycles. The van der Waals surface area contributed by atoms with Crippen LogP contribution in [-0.2, 0) is 22.3 Å². The summed E-state index contributed by atoms with van der Waals surface area (Å²) < 4.78 is 9.38. The third-order valence-corrected chi connectivity index (χ3v) is 8.69. The number of amides is 2. The van der Waals surface area contributed by atoms with Gasteiger partial charge in [0.1, 0.15) is 11.7 Å². The number of nitrogens with zero attached hydrogens (tertiary/aromatic N) is 3. The summed E-state index contributed by atoms with van der Waals surface area (Å²) in [4.78, 5) is 59.2. The molecule has 0 atom stereocenters. The number of esters is 2. The van der Waals surface area contributed by atoms with Crippen molar-refractivity contribution >= 4 is 62.7 Å². The third kappa shape index (κ3) is 14.3. The van der Waals surface area contributed by atoms with E-state index in [2.05, 4.69) is 53.0 Å². The summed E-state index contributed by atoms with van der Waals surface area (Å²) in [5.41, 5.74) is 4.96. The van der Waals surface area contributed by atoms with Crippen LogP contribution in [0.25, 0.3) is 0 Å². The standard InChI is InChI=1S/C22H23BrN2O3.C17H14N2O3.C4H9O.K/c1-28-22(27)18-10-7-9-17(14-18)21(26)24-20-15-16-8-3-4-11-19(16)25(20)13-6-2-5-12-23;1-22-17(21)13-7-4-6-12(9-13)16(20)19-15-10-11-5-2-3-8-14(11)18-15;1-4(2,3)5;/h3-4,7-11,14H,2,5-6,12-13,15H2,1H3;2-9H,10H2,1H3,(H,18,19,20);1-3H3;/q;;-1;+1. The van der Waals surface area contributed by atoms with Gasteiger partial charge in [-0.05, 0) is 72.5 Å². The Morgan fingerprint density at radius 3 is 1.93 bits per heavy atom. The van der Waals surface area contributed by atoms with Gasteiger partial charge in [-0.15, -0.1) is 5.60 Å². The first-order chi connectivity index (χ1) is 26.3. The quantitative estimate of drug-likeness (QED) is 0.114. The minimum atomic E-state index is -0.750. The Morgan fingerprint density at radius 2 is 1.32 bits per heavy atom. The van der Waals surface area contributed by atoms with Crippen LogP contribution in [0.15, 0.2) is 107 Å². The number of aliphatic imine (C=N–C) groups is 2. The SMILES string of the molecule is CC(C)(C)[O-].COC(=O)c1cccc(C(=O)N=C2Cc3ccccc3N2CCCCCBr)c1.COC(=O)c1cccc(C(=O)NC2=Nc3ccccc3C2)c1.[K+]. The molecule has 2 heterocycles. The van der Waals surface area contributed by atoms with E-state index in [4.69, 9.17) is 4.74 Å². The zero-order valence-electron chi connectivity index (χ0n) is 32.8. The number of rotatable bonds is 9. The van der Waals surface area contributed by atoms with Crippen LogP contribution in [0.5, 0.6) is 0 Å². The zero-order chi connectivity index (χ0) is 40.0. The van der Waals surface area contributed by atoms with Crippen LogP contribution >= 0.6 is 15.9 Å². The summed E-state index contributed by atoms with van der Waals surface area (Å²) in [6.45, 7) is 5.73. The summed E-state index contributed by atoms with van der Waals surface area (Å²) >= 11 is 3.47. The molecule has 0 unspecified atom stereocenters. The second-order valence-electron chi connectivity index (χ2n) is 13.6. The number of fused-ring (bicyclic) bond motifs is 2. The van der Waals surface area contributed by atoms with Gasteiger partial charge in [0, 0.05) is 41.5 Å². The predicted octanol–water partition coefficient (Wildman–Crippen LogP) is 4.28. The van der Waals surface area contributed by atoms with Crippen molar-refractivity contribution in [1.29, 1.82) is 0 Å². The van der Waals surface area contributed by atoms with E-state index in [1.807, 2.05) is 36.4 Å². The molecule has 6 rings (SSSR count). The molecule has 0 saturated heterocycles. The van der Waals surface area contributed by atoms with Crippen molar-refractivity contribution in [3.63, 3.8) is 0 Å². The number of carbonyl (C=O) groups is 4. The molecular formula is C43H46BrKN4O7. The molecule has 288 valence electrons. The molecule has 4 aromatic rings. The van der Waals surface area contributed by atoms with E-state index >= 15 is 0 Å². The first-order valence-electron chi connectivity index (χ1n) is 17.9. The van der Waals surface area contributed by atoms with E-state index in [1.54, 1.807) is 57.2 Å². The van der Waals surface area contributed by atoms with Gasteiger partial charge in [-0.25, -0.2) is 14.6 Å². The summed E-state index contributed by atoms with van der Waals surface area (Å²) in [5, 5.41) is 13.9. The molecule has 0 radical (unpaired) electrons. The number of hydrogen-bond donors (Lipinski definition) is 1. The fraction of sp³-hybridized carbons (Fsp3) is 0.302. The normalized spacial score (nSPS) is 13.0. The molecule has 2 aliphatic heterocycles. The minimum Gasteiger partial charge on any atom is -0.850 e. The van der Waals surface area contributed by atoms with Crippen molar-refractivity contribution in [2.24, 2.45) is 9.98 Å². The van der Waals surface area contributed by atoms with Crippen LogP contribution < -0.4 is 66.7 Å². The number of nitrogens with one attached hydrogen (secondary N) is 1. The number of halogens is 1. The van der Waals surface area contributed by atoms with Gasteiger partial charge < -0.3 is 24.8 Å². The van der Waals surface area contributed by atoms with Crippen molar-refractivity contribution in [2.75, 3.05) is 31.0 Å². The van der Waals surface area contributed by atoms with Crippen molar-refractivity contribution < 1.29 is 85.1 Å². The van der Waals surface area contributed by atoms with Gasteiger partial charge in [0.25, 0.3) is 11.8 Å². The number of carbonyl (C=O) groups excluding carboxylic acids is 4. The molecule has 0 spiro atoms. The summed E-state index contributed by atoms with van der Waals surface area (Å²) in [5.74, 6) is -0.219. The first kappa shape index (κ1) is 46.6. The average molecular weight is 850 g/mol. The number of amidine groups is 2. The van der Waals surface area contributed by atoms with Gasteiger partial charge in [-0.1, -0.05) is 91.7 Å². The maximum atomic E-state index is 12.8. The maximum Gasteiger partial charge on any atom is 1.00 e. The van der Waals surface area contributed by atoms with Gasteiger partial charge >= 0.3 is 63.3 Å². The number of unbranched alkanes of at least 4 members (excludes halogenated alkanes) is 2. The van der Waals surface area contributed by atoms with Gasteiger partial charge in [0.05, 0.1) is 31.0 Å². The van der Waals surface area contributed by atoms with E-state index in [0.717, 1.165) is 53.9 Å². The summed E-state index contributed by atoms with van der Waals surface area (Å²) in [6, 6.07) is 28.8. The van der Waals surface area contributed by atoms with E-state index in [1.165, 1.54) is 31.9 Å². The number of anilines is 1. The number of alkyl halides is 1. The molecule has 0 bridgehead atoms. The number of ether oxygens (including phenoxy) is 2. The third-order valence-electron chi connectivity index (χ3n) is 8.13. The largest absolute Gasteiger partial charge is 1.00 e. The predicted molar refractivity (Wildman–Crippen MR) is 217 cm³/mol. The van der Waals surface area contributed by atoms with Gasteiger partial charge in [0.2, 0.25) is 0 Å². The molecule has 0 aromatic heterocycles. The van der Waals surface area contributed by atoms with Gasteiger partial charge in [-0.2, -0.15) is 4.99 Å². The molecular weight excluding hydrogens is 803 g/mol. The van der Waals surface area contributed by atoms with E-state index < -0.39 is 17.5 Å². The number of hydrogen-bond acceptors (Lipinski definition) is 8. The Hall–Kier alpha value is -3.82. The Kier molecular flexibility index (Phi) is 19.0. The van der Waals surface area contributed by atoms with Gasteiger partial charge in [-0.3, -0.25) is 9.59 Å². The van der Waals surface area contributed by atoms with Gasteiger partial charge in [0.15, 0.2) is 0 Å². The second kappa shape index (κ2) is 22.8. The second-order valence-corrected chi connectivity index (χ2v) is 14.4. The van der Waals surface area contributed by atoms with Crippen LogP contribution in [0.2, 0.25) is 0 Å². The molecule has 2 amide bonds. The molecule has 1 N–H and O–H groups in total. The van der Waals surface area contributed by atoms with Crippen molar-refractivity contribution in [2.45, 2.75) is 58.5 Å². The van der Waals surface area contributed by atoms with Crippen molar-refractivity contribution in [3.05, 3.63) is 130 Å². The number of methoxy groups -OCH3 is 2. The molecule has 56 heavy (non-hydrogen) atoms. The van der Waals surface area contributed by atoms with Crippen molar-refractivity contribution in [1.82, 2.24) is 5.32 Å². The van der Waals surface area contributed by atoms with Crippen LogP contribution in [0, 0.1) is 0 Å². The van der Waals surface area contributed by atoms with Crippen LogP contribution in [0.4, 0.5) is 11.4 Å². The Bertz CT molecular complexity index is 2060. The number of benzene rings is 4. The smallest absolute Gasteiger partial charge is 0.850 e. The Balaban J connectivity index is 0.000000269.